The van der Waals surface area contributed by atoms with Gasteiger partial charge in [-0.15, -0.1) is 0 Å². The molecule has 0 aromatic heterocycles. The summed E-state index contributed by atoms with van der Waals surface area (Å²) in [5.41, 5.74) is 1.38. The van der Waals surface area contributed by atoms with E-state index in [1.807, 2.05) is 6.07 Å². The van der Waals surface area contributed by atoms with Crippen molar-refractivity contribution >= 4 is 21.9 Å². The van der Waals surface area contributed by atoms with Gasteiger partial charge in [0.2, 0.25) is 0 Å². The maximum Gasteiger partial charge on any atom is 0.306 e. The van der Waals surface area contributed by atoms with Gasteiger partial charge in [-0.2, -0.15) is 0 Å². The largest absolute Gasteiger partial charge is 0.481 e. The van der Waals surface area contributed by atoms with Crippen LogP contribution in [0.15, 0.2) is 24.3 Å². The second-order valence-corrected chi connectivity index (χ2v) is 4.00. The second-order valence-electron chi connectivity index (χ2n) is 3.44. The molecule has 0 heterocycles. The van der Waals surface area contributed by atoms with Crippen molar-refractivity contribution in [2.24, 2.45) is 0 Å². The number of alkyl halides is 1. The Labute approximate surface area is 102 Å². The minimum absolute atomic E-state index is 0.474. The summed E-state index contributed by atoms with van der Waals surface area (Å²) in [5.74, 6) is -1.14. The smallest absolute Gasteiger partial charge is 0.306 e. The van der Waals surface area contributed by atoms with E-state index >= 15 is 0 Å². The molecule has 0 aliphatic carbocycles. The minimum atomic E-state index is -1.29. The fourth-order valence-electron chi connectivity index (χ4n) is 1.44. The van der Waals surface area contributed by atoms with Crippen LogP contribution in [0.2, 0.25) is 0 Å². The number of aliphatic carboxylic acids is 1. The summed E-state index contributed by atoms with van der Waals surface area (Å²) < 4.78 is 0. The first-order valence-electron chi connectivity index (χ1n) is 4.78. The summed E-state index contributed by atoms with van der Waals surface area (Å²) in [5, 5.41) is 28.4. The van der Waals surface area contributed by atoms with Gasteiger partial charge in [0.15, 0.2) is 0 Å². The average molecular weight is 289 g/mol. The minimum Gasteiger partial charge on any atom is -0.481 e. The maximum absolute atomic E-state index is 10.4. The number of hydrogen-bond donors (Lipinski definition) is 3. The number of carboxylic acid groups (broad SMARTS) is 1. The molecule has 0 amide bonds. The van der Waals surface area contributed by atoms with Crippen molar-refractivity contribution in [2.45, 2.75) is 24.0 Å². The first-order chi connectivity index (χ1) is 7.56. The molecule has 2 unspecified atom stereocenters. The number of hydrogen-bond acceptors (Lipinski definition) is 3. The van der Waals surface area contributed by atoms with Crippen molar-refractivity contribution in [1.82, 2.24) is 0 Å². The second kappa shape index (κ2) is 5.98. The highest BCUT2D eigenvalue weighted by molar-refractivity contribution is 9.08. The van der Waals surface area contributed by atoms with E-state index in [2.05, 4.69) is 15.9 Å². The lowest BCUT2D eigenvalue weighted by Gasteiger charge is -2.18. The van der Waals surface area contributed by atoms with Gasteiger partial charge < -0.3 is 15.3 Å². The lowest BCUT2D eigenvalue weighted by atomic mass is 9.98. The topological polar surface area (TPSA) is 77.8 Å². The molecule has 88 valence electrons. The predicted octanol–water partition coefficient (Wildman–Crippen LogP) is 1.45. The van der Waals surface area contributed by atoms with Gasteiger partial charge in [0.05, 0.1) is 12.5 Å². The third-order valence-electron chi connectivity index (χ3n) is 2.27. The van der Waals surface area contributed by atoms with Gasteiger partial charge in [0, 0.05) is 5.33 Å². The molecule has 2 atom stereocenters. The van der Waals surface area contributed by atoms with Crippen LogP contribution in [0.1, 0.15) is 23.7 Å². The molecule has 0 aliphatic rings. The third-order valence-corrected chi connectivity index (χ3v) is 2.87. The highest BCUT2D eigenvalue weighted by Crippen LogP contribution is 2.24. The molecular weight excluding hydrogens is 276 g/mol. The van der Waals surface area contributed by atoms with E-state index in [1.165, 1.54) is 0 Å². The Bertz CT molecular complexity index is 367. The quantitative estimate of drug-likeness (QED) is 0.717. The van der Waals surface area contributed by atoms with E-state index in [-0.39, 0.29) is 0 Å². The number of benzene rings is 1. The first kappa shape index (κ1) is 13.2. The molecule has 1 aromatic rings. The van der Waals surface area contributed by atoms with Crippen LogP contribution in [0.5, 0.6) is 0 Å². The van der Waals surface area contributed by atoms with Crippen LogP contribution in [-0.4, -0.2) is 27.4 Å². The van der Waals surface area contributed by atoms with Crippen molar-refractivity contribution in [3.05, 3.63) is 35.4 Å². The van der Waals surface area contributed by atoms with Crippen LogP contribution in [0.3, 0.4) is 0 Å². The Morgan fingerprint density at radius 2 is 1.94 bits per heavy atom. The zero-order chi connectivity index (χ0) is 12.1. The van der Waals surface area contributed by atoms with Crippen LogP contribution in [0, 0.1) is 0 Å². The SMILES string of the molecule is O=C(O)CC(O)C(O)c1ccccc1CBr. The van der Waals surface area contributed by atoms with Crippen molar-refractivity contribution in [1.29, 1.82) is 0 Å². The summed E-state index contributed by atoms with van der Waals surface area (Å²) in [6.45, 7) is 0. The number of halogens is 1. The molecule has 0 fully saturated rings. The molecule has 5 heteroatoms. The Morgan fingerprint density at radius 1 is 1.31 bits per heavy atom. The van der Waals surface area contributed by atoms with E-state index in [0.717, 1.165) is 5.56 Å². The van der Waals surface area contributed by atoms with Gasteiger partial charge in [-0.1, -0.05) is 40.2 Å². The zero-order valence-corrected chi connectivity index (χ0v) is 10.1. The van der Waals surface area contributed by atoms with Gasteiger partial charge in [-0.05, 0) is 11.1 Å². The molecule has 0 radical (unpaired) electrons. The monoisotopic (exact) mass is 288 g/mol. The molecule has 0 bridgehead atoms. The maximum atomic E-state index is 10.4. The summed E-state index contributed by atoms with van der Waals surface area (Å²) in [6, 6.07) is 7.03. The molecule has 1 aromatic carbocycles. The highest BCUT2D eigenvalue weighted by Gasteiger charge is 2.22. The normalized spacial score (nSPS) is 14.4. The van der Waals surface area contributed by atoms with E-state index < -0.39 is 24.6 Å². The van der Waals surface area contributed by atoms with Gasteiger partial charge in [-0.3, -0.25) is 4.79 Å². The van der Waals surface area contributed by atoms with Crippen LogP contribution in [0.4, 0.5) is 0 Å². The Hall–Kier alpha value is -0.910. The van der Waals surface area contributed by atoms with E-state index in [1.54, 1.807) is 18.2 Å². The summed E-state index contributed by atoms with van der Waals surface area (Å²) in [4.78, 5) is 10.4. The van der Waals surface area contributed by atoms with Gasteiger partial charge >= 0.3 is 5.97 Å². The van der Waals surface area contributed by atoms with Crippen LogP contribution < -0.4 is 0 Å². The van der Waals surface area contributed by atoms with Crippen molar-refractivity contribution in [2.75, 3.05) is 0 Å². The Kier molecular flexibility index (Phi) is 4.92. The molecule has 4 nitrogen and oxygen atoms in total. The number of aliphatic hydroxyl groups excluding tert-OH is 2. The Morgan fingerprint density at radius 3 is 2.50 bits per heavy atom. The van der Waals surface area contributed by atoms with Crippen molar-refractivity contribution in [3.8, 4) is 0 Å². The molecule has 0 saturated heterocycles. The molecular formula is C11H13BrO4. The van der Waals surface area contributed by atoms with Crippen LogP contribution >= 0.6 is 15.9 Å². The highest BCUT2D eigenvalue weighted by atomic mass is 79.9. The predicted molar refractivity (Wildman–Crippen MR) is 62.3 cm³/mol. The lowest BCUT2D eigenvalue weighted by molar-refractivity contribution is -0.141. The lowest BCUT2D eigenvalue weighted by Crippen LogP contribution is -2.22. The number of carboxylic acids is 1. The molecule has 0 spiro atoms. The average Bonchev–Trinajstić information content (AvgIpc) is 2.27. The van der Waals surface area contributed by atoms with Gasteiger partial charge in [-0.25, -0.2) is 0 Å². The third kappa shape index (κ3) is 3.30. The molecule has 16 heavy (non-hydrogen) atoms. The number of rotatable bonds is 5. The van der Waals surface area contributed by atoms with Crippen molar-refractivity contribution in [3.63, 3.8) is 0 Å². The fourth-order valence-corrected chi connectivity index (χ4v) is 1.95. The standard InChI is InChI=1S/C11H13BrO4/c12-6-7-3-1-2-4-8(7)11(16)9(13)5-10(14)15/h1-4,9,11,13,16H,5-6H2,(H,14,15). The summed E-state index contributed by atoms with van der Waals surface area (Å²) in [6.07, 6.45) is -2.94. The van der Waals surface area contributed by atoms with Crippen LogP contribution in [0.25, 0.3) is 0 Å². The number of aliphatic hydroxyl groups is 2. The van der Waals surface area contributed by atoms with Gasteiger partial charge in [0.25, 0.3) is 0 Å². The number of carbonyl (C=O) groups is 1. The summed E-state index contributed by atoms with van der Waals surface area (Å²) in [7, 11) is 0. The first-order valence-corrected chi connectivity index (χ1v) is 5.90. The molecule has 0 saturated carbocycles. The van der Waals surface area contributed by atoms with Gasteiger partial charge in [0.1, 0.15) is 6.10 Å². The molecule has 3 N–H and O–H groups in total. The zero-order valence-electron chi connectivity index (χ0n) is 8.51. The molecule has 1 rings (SSSR count). The fraction of sp³-hybridized carbons (Fsp3) is 0.364. The van der Waals surface area contributed by atoms with Crippen molar-refractivity contribution < 1.29 is 20.1 Å². The van der Waals surface area contributed by atoms with E-state index in [4.69, 9.17) is 5.11 Å². The summed E-state index contributed by atoms with van der Waals surface area (Å²) >= 11 is 3.27. The van der Waals surface area contributed by atoms with E-state index in [9.17, 15) is 15.0 Å². The van der Waals surface area contributed by atoms with E-state index in [0.29, 0.717) is 10.9 Å². The van der Waals surface area contributed by atoms with Crippen LogP contribution in [-0.2, 0) is 10.1 Å². The molecule has 0 aliphatic heterocycles. The Balaban J connectivity index is 2.86.